The lowest BCUT2D eigenvalue weighted by molar-refractivity contribution is 0.811. The third-order valence-electron chi connectivity index (χ3n) is 2.10. The molecule has 0 radical (unpaired) electrons. The molecule has 0 saturated heterocycles. The van der Waals surface area contributed by atoms with Crippen molar-refractivity contribution < 1.29 is 0 Å². The Hall–Kier alpha value is -0.670. The van der Waals surface area contributed by atoms with Gasteiger partial charge in [0.05, 0.1) is 10.7 Å². The number of hydrogen-bond donors (Lipinski definition) is 0. The molecule has 74 valence electrons. The second kappa shape index (κ2) is 4.71. The summed E-state index contributed by atoms with van der Waals surface area (Å²) >= 11 is 3.59. The lowest BCUT2D eigenvalue weighted by atomic mass is 10.2. The van der Waals surface area contributed by atoms with Crippen LogP contribution in [-0.2, 0) is 12.8 Å². The SMILES string of the molecule is Cc1nc(CCCc2cccs2)cs1. The van der Waals surface area contributed by atoms with Gasteiger partial charge in [0.25, 0.3) is 0 Å². The van der Waals surface area contributed by atoms with Gasteiger partial charge in [0.1, 0.15) is 0 Å². The minimum Gasteiger partial charge on any atom is -0.247 e. The van der Waals surface area contributed by atoms with Crippen LogP contribution in [0.4, 0.5) is 0 Å². The van der Waals surface area contributed by atoms with Gasteiger partial charge in [0, 0.05) is 10.3 Å². The maximum absolute atomic E-state index is 4.45. The quantitative estimate of drug-likeness (QED) is 0.770. The molecule has 2 aromatic rings. The maximum atomic E-state index is 4.45. The van der Waals surface area contributed by atoms with Crippen LogP contribution >= 0.6 is 22.7 Å². The van der Waals surface area contributed by atoms with Gasteiger partial charge in [-0.15, -0.1) is 22.7 Å². The first-order chi connectivity index (χ1) is 6.84. The van der Waals surface area contributed by atoms with Crippen LogP contribution in [0.3, 0.4) is 0 Å². The van der Waals surface area contributed by atoms with Crippen molar-refractivity contribution in [3.63, 3.8) is 0 Å². The third kappa shape index (κ3) is 2.66. The van der Waals surface area contributed by atoms with Gasteiger partial charge in [-0.25, -0.2) is 4.98 Å². The summed E-state index contributed by atoms with van der Waals surface area (Å²) in [5.41, 5.74) is 1.25. The second-order valence-corrected chi connectivity index (χ2v) is 5.39. The van der Waals surface area contributed by atoms with E-state index in [0.717, 1.165) is 6.42 Å². The number of aryl methyl sites for hydroxylation is 3. The van der Waals surface area contributed by atoms with Gasteiger partial charge in [0.2, 0.25) is 0 Å². The smallest absolute Gasteiger partial charge is 0.0897 e. The van der Waals surface area contributed by atoms with Crippen LogP contribution in [0.2, 0.25) is 0 Å². The fraction of sp³-hybridized carbons (Fsp3) is 0.364. The highest BCUT2D eigenvalue weighted by atomic mass is 32.1. The lowest BCUT2D eigenvalue weighted by Crippen LogP contribution is -1.88. The van der Waals surface area contributed by atoms with E-state index in [-0.39, 0.29) is 0 Å². The van der Waals surface area contributed by atoms with Crippen LogP contribution < -0.4 is 0 Å². The van der Waals surface area contributed by atoms with Gasteiger partial charge < -0.3 is 0 Å². The number of rotatable bonds is 4. The van der Waals surface area contributed by atoms with Gasteiger partial charge in [-0.05, 0) is 37.6 Å². The first-order valence-corrected chi connectivity index (χ1v) is 6.54. The van der Waals surface area contributed by atoms with Crippen LogP contribution in [0.5, 0.6) is 0 Å². The molecule has 0 atom stereocenters. The Balaban J connectivity index is 1.78. The molecule has 1 nitrogen and oxygen atoms in total. The van der Waals surface area contributed by atoms with Gasteiger partial charge >= 0.3 is 0 Å². The molecule has 0 saturated carbocycles. The Morgan fingerprint density at radius 1 is 1.29 bits per heavy atom. The zero-order valence-electron chi connectivity index (χ0n) is 8.19. The highest BCUT2D eigenvalue weighted by Crippen LogP contribution is 2.14. The first kappa shape index (κ1) is 9.87. The monoisotopic (exact) mass is 223 g/mol. The van der Waals surface area contributed by atoms with Crippen molar-refractivity contribution in [2.24, 2.45) is 0 Å². The van der Waals surface area contributed by atoms with E-state index in [1.54, 1.807) is 11.3 Å². The predicted octanol–water partition coefficient (Wildman–Crippen LogP) is 3.69. The largest absolute Gasteiger partial charge is 0.247 e. The molecule has 0 aliphatic rings. The summed E-state index contributed by atoms with van der Waals surface area (Å²) in [5, 5.41) is 5.49. The van der Waals surface area contributed by atoms with Crippen molar-refractivity contribution in [3.05, 3.63) is 38.5 Å². The van der Waals surface area contributed by atoms with Crippen LogP contribution in [0.15, 0.2) is 22.9 Å². The normalized spacial score (nSPS) is 10.6. The van der Waals surface area contributed by atoms with Crippen LogP contribution in [0.1, 0.15) is 22.0 Å². The summed E-state index contributed by atoms with van der Waals surface area (Å²) < 4.78 is 0. The Morgan fingerprint density at radius 3 is 2.86 bits per heavy atom. The summed E-state index contributed by atoms with van der Waals surface area (Å²) in [6.45, 7) is 2.06. The summed E-state index contributed by atoms with van der Waals surface area (Å²) in [4.78, 5) is 5.93. The topological polar surface area (TPSA) is 12.9 Å². The molecule has 0 amide bonds. The average Bonchev–Trinajstić information content (AvgIpc) is 2.77. The van der Waals surface area contributed by atoms with Crippen molar-refractivity contribution in [3.8, 4) is 0 Å². The molecule has 0 fully saturated rings. The molecule has 2 aromatic heterocycles. The van der Waals surface area contributed by atoms with Crippen molar-refractivity contribution in [2.45, 2.75) is 26.2 Å². The Kier molecular flexibility index (Phi) is 3.32. The van der Waals surface area contributed by atoms with Gasteiger partial charge in [-0.2, -0.15) is 0 Å². The number of thiazole rings is 1. The van der Waals surface area contributed by atoms with Gasteiger partial charge in [-0.1, -0.05) is 6.07 Å². The zero-order chi connectivity index (χ0) is 9.80. The molecular formula is C11H13NS2. The number of thiophene rings is 1. The van der Waals surface area contributed by atoms with Crippen LogP contribution in [0.25, 0.3) is 0 Å². The molecule has 0 bridgehead atoms. The summed E-state index contributed by atoms with van der Waals surface area (Å²) in [5.74, 6) is 0. The molecule has 0 N–H and O–H groups in total. The van der Waals surface area contributed by atoms with E-state index in [4.69, 9.17) is 0 Å². The Morgan fingerprint density at radius 2 is 2.21 bits per heavy atom. The highest BCUT2D eigenvalue weighted by molar-refractivity contribution is 7.10. The summed E-state index contributed by atoms with van der Waals surface area (Å²) in [6.07, 6.45) is 3.51. The van der Waals surface area contributed by atoms with E-state index < -0.39 is 0 Å². The summed E-state index contributed by atoms with van der Waals surface area (Å²) in [7, 11) is 0. The maximum Gasteiger partial charge on any atom is 0.0897 e. The van der Waals surface area contributed by atoms with E-state index in [2.05, 4.69) is 34.8 Å². The lowest BCUT2D eigenvalue weighted by Gasteiger charge is -1.95. The van der Waals surface area contributed by atoms with Gasteiger partial charge in [0.15, 0.2) is 0 Å². The molecule has 3 heteroatoms. The second-order valence-electron chi connectivity index (χ2n) is 3.29. The van der Waals surface area contributed by atoms with Crippen LogP contribution in [-0.4, -0.2) is 4.98 Å². The molecule has 2 rings (SSSR count). The van der Waals surface area contributed by atoms with Gasteiger partial charge in [-0.3, -0.25) is 0 Å². The van der Waals surface area contributed by atoms with E-state index in [1.165, 1.54) is 28.4 Å². The summed E-state index contributed by atoms with van der Waals surface area (Å²) in [6, 6.07) is 4.32. The Bertz CT molecular complexity index is 376. The zero-order valence-corrected chi connectivity index (χ0v) is 9.83. The molecule has 0 aromatic carbocycles. The molecule has 0 spiro atoms. The van der Waals surface area contributed by atoms with Crippen molar-refractivity contribution in [1.29, 1.82) is 0 Å². The van der Waals surface area contributed by atoms with E-state index in [9.17, 15) is 0 Å². The van der Waals surface area contributed by atoms with E-state index >= 15 is 0 Å². The number of nitrogens with zero attached hydrogens (tertiary/aromatic N) is 1. The fourth-order valence-electron chi connectivity index (χ4n) is 1.42. The third-order valence-corrected chi connectivity index (χ3v) is 3.86. The molecule has 0 aliphatic heterocycles. The van der Waals surface area contributed by atoms with E-state index in [1.807, 2.05) is 11.3 Å². The average molecular weight is 223 g/mol. The number of hydrogen-bond acceptors (Lipinski definition) is 3. The molecule has 14 heavy (non-hydrogen) atoms. The number of aromatic nitrogens is 1. The molecule has 0 unspecified atom stereocenters. The molecular weight excluding hydrogens is 210 g/mol. The first-order valence-electron chi connectivity index (χ1n) is 4.78. The molecule has 0 aliphatic carbocycles. The van der Waals surface area contributed by atoms with Crippen LogP contribution in [0, 0.1) is 6.92 Å². The Labute approximate surface area is 92.4 Å². The standard InChI is InChI=1S/C11H13NS2/c1-9-12-10(8-14-9)4-2-5-11-6-3-7-13-11/h3,6-8H,2,4-5H2,1H3. The predicted molar refractivity (Wildman–Crippen MR) is 63.2 cm³/mol. The fourth-order valence-corrected chi connectivity index (χ4v) is 2.82. The minimum atomic E-state index is 1.11. The van der Waals surface area contributed by atoms with Crippen molar-refractivity contribution >= 4 is 22.7 Å². The highest BCUT2D eigenvalue weighted by Gasteiger charge is 1.99. The van der Waals surface area contributed by atoms with Crippen molar-refractivity contribution in [1.82, 2.24) is 4.98 Å². The minimum absolute atomic E-state index is 1.11. The molecule has 2 heterocycles. The van der Waals surface area contributed by atoms with Crippen molar-refractivity contribution in [2.75, 3.05) is 0 Å². The van der Waals surface area contributed by atoms with E-state index in [0.29, 0.717) is 0 Å².